The van der Waals surface area contributed by atoms with Crippen LogP contribution in [0, 0.1) is 11.8 Å². The Bertz CT molecular complexity index is 399. The number of likely N-dealkylation sites (tertiary alicyclic amines) is 1. The Morgan fingerprint density at radius 2 is 1.52 bits per heavy atom. The van der Waals surface area contributed by atoms with Crippen molar-refractivity contribution in [1.82, 2.24) is 10.2 Å². The van der Waals surface area contributed by atoms with Crippen LogP contribution < -0.4 is 5.32 Å². The summed E-state index contributed by atoms with van der Waals surface area (Å²) in [6, 6.07) is 0.573. The molecule has 3 rings (SSSR count). The summed E-state index contributed by atoms with van der Waals surface area (Å²) in [5.41, 5.74) is 0. The van der Waals surface area contributed by atoms with Crippen LogP contribution in [-0.2, 0) is 9.59 Å². The number of carbonyl (C=O) groups excluding carboxylic acids is 2. The van der Waals surface area contributed by atoms with Gasteiger partial charge in [-0.05, 0) is 25.7 Å². The van der Waals surface area contributed by atoms with E-state index < -0.39 is 0 Å². The average Bonchev–Trinajstić information content (AvgIpc) is 2.70. The van der Waals surface area contributed by atoms with Crippen molar-refractivity contribution < 1.29 is 9.59 Å². The predicted molar refractivity (Wildman–Crippen MR) is 81.6 cm³/mol. The van der Waals surface area contributed by atoms with Crippen LogP contribution in [0.3, 0.4) is 0 Å². The minimum absolute atomic E-state index is 0.0528. The van der Waals surface area contributed by atoms with Gasteiger partial charge in [0.2, 0.25) is 11.8 Å². The summed E-state index contributed by atoms with van der Waals surface area (Å²) in [6.45, 7) is 1.29. The summed E-state index contributed by atoms with van der Waals surface area (Å²) in [7, 11) is 0. The van der Waals surface area contributed by atoms with Crippen molar-refractivity contribution in [1.29, 1.82) is 0 Å². The van der Waals surface area contributed by atoms with Gasteiger partial charge in [-0.2, -0.15) is 0 Å². The fourth-order valence-electron chi connectivity index (χ4n) is 3.95. The molecule has 116 valence electrons. The van der Waals surface area contributed by atoms with Crippen molar-refractivity contribution in [3.05, 3.63) is 12.2 Å². The Kier molecular flexibility index (Phi) is 4.73. The molecule has 0 aromatic carbocycles. The molecule has 0 spiro atoms. The molecule has 2 unspecified atom stereocenters. The standard InChI is InChI=1S/C17H26N2O2/c20-16-14-9-5-6-10-15(14)17(21)19(16)12-11-18-13-7-3-1-2-4-8-13/h5-6,13-15,18H,1-4,7-12H2. The van der Waals surface area contributed by atoms with Crippen LogP contribution in [0.25, 0.3) is 0 Å². The molecular weight excluding hydrogens is 264 g/mol. The zero-order chi connectivity index (χ0) is 14.7. The number of carbonyl (C=O) groups is 2. The molecule has 3 aliphatic rings. The highest BCUT2D eigenvalue weighted by molar-refractivity contribution is 6.05. The van der Waals surface area contributed by atoms with Crippen molar-refractivity contribution in [2.45, 2.75) is 57.4 Å². The SMILES string of the molecule is O=C1C2CC=CCC2C(=O)N1CCNC1CCCCCC1. The highest BCUT2D eigenvalue weighted by atomic mass is 16.2. The minimum atomic E-state index is -0.0830. The van der Waals surface area contributed by atoms with Crippen LogP contribution in [0.1, 0.15) is 51.4 Å². The molecule has 0 radical (unpaired) electrons. The fraction of sp³-hybridized carbons (Fsp3) is 0.765. The maximum atomic E-state index is 12.3. The van der Waals surface area contributed by atoms with Gasteiger partial charge >= 0.3 is 0 Å². The van der Waals surface area contributed by atoms with Crippen molar-refractivity contribution in [2.24, 2.45) is 11.8 Å². The molecule has 1 N–H and O–H groups in total. The first-order chi connectivity index (χ1) is 10.3. The van der Waals surface area contributed by atoms with E-state index in [0.717, 1.165) is 19.4 Å². The van der Waals surface area contributed by atoms with Gasteiger partial charge in [0.25, 0.3) is 0 Å². The third-order valence-corrected chi connectivity index (χ3v) is 5.22. The van der Waals surface area contributed by atoms with Gasteiger partial charge in [-0.15, -0.1) is 0 Å². The molecule has 2 fully saturated rings. The summed E-state index contributed by atoms with van der Waals surface area (Å²) in [5.74, 6) is -0.0604. The Morgan fingerprint density at radius 3 is 2.10 bits per heavy atom. The number of nitrogens with zero attached hydrogens (tertiary/aromatic N) is 1. The Morgan fingerprint density at radius 1 is 0.952 bits per heavy atom. The molecule has 4 nitrogen and oxygen atoms in total. The topological polar surface area (TPSA) is 49.4 Å². The first kappa shape index (κ1) is 14.8. The van der Waals surface area contributed by atoms with Gasteiger partial charge in [0.1, 0.15) is 0 Å². The van der Waals surface area contributed by atoms with E-state index in [1.165, 1.54) is 43.4 Å². The third-order valence-electron chi connectivity index (χ3n) is 5.22. The van der Waals surface area contributed by atoms with Gasteiger partial charge in [-0.3, -0.25) is 14.5 Å². The Labute approximate surface area is 127 Å². The van der Waals surface area contributed by atoms with E-state index in [9.17, 15) is 9.59 Å². The number of imide groups is 1. The van der Waals surface area contributed by atoms with Crippen molar-refractivity contribution in [2.75, 3.05) is 13.1 Å². The van der Waals surface area contributed by atoms with Gasteiger partial charge in [-0.1, -0.05) is 37.8 Å². The van der Waals surface area contributed by atoms with E-state index in [0.29, 0.717) is 12.6 Å². The number of hydrogen-bond acceptors (Lipinski definition) is 3. The third kappa shape index (κ3) is 3.20. The molecule has 1 aliphatic heterocycles. The molecule has 1 saturated heterocycles. The molecular formula is C17H26N2O2. The molecule has 2 atom stereocenters. The number of allylic oxidation sites excluding steroid dienone is 2. The average molecular weight is 290 g/mol. The van der Waals surface area contributed by atoms with Crippen LogP contribution in [0.2, 0.25) is 0 Å². The Balaban J connectivity index is 1.49. The monoisotopic (exact) mass is 290 g/mol. The smallest absolute Gasteiger partial charge is 0.233 e. The minimum Gasteiger partial charge on any atom is -0.312 e. The zero-order valence-corrected chi connectivity index (χ0v) is 12.7. The van der Waals surface area contributed by atoms with Gasteiger partial charge in [0, 0.05) is 19.1 Å². The van der Waals surface area contributed by atoms with E-state index in [-0.39, 0.29) is 23.7 Å². The van der Waals surface area contributed by atoms with Crippen LogP contribution in [0.15, 0.2) is 12.2 Å². The molecule has 1 heterocycles. The summed E-state index contributed by atoms with van der Waals surface area (Å²) >= 11 is 0. The summed E-state index contributed by atoms with van der Waals surface area (Å²) in [4.78, 5) is 26.2. The molecule has 2 aliphatic carbocycles. The molecule has 2 amide bonds. The largest absolute Gasteiger partial charge is 0.312 e. The van der Waals surface area contributed by atoms with Gasteiger partial charge in [0.15, 0.2) is 0 Å². The van der Waals surface area contributed by atoms with E-state index in [2.05, 4.69) is 5.32 Å². The molecule has 0 aromatic heterocycles. The summed E-state index contributed by atoms with van der Waals surface area (Å²) in [6.07, 6.45) is 13.3. The second kappa shape index (κ2) is 6.73. The van der Waals surface area contributed by atoms with Crippen LogP contribution in [0.5, 0.6) is 0 Å². The van der Waals surface area contributed by atoms with Crippen molar-refractivity contribution in [3.63, 3.8) is 0 Å². The van der Waals surface area contributed by atoms with E-state index in [1.54, 1.807) is 0 Å². The van der Waals surface area contributed by atoms with Gasteiger partial charge in [-0.25, -0.2) is 0 Å². The summed E-state index contributed by atoms with van der Waals surface area (Å²) in [5, 5.41) is 3.55. The maximum Gasteiger partial charge on any atom is 0.233 e. The second-order valence-electron chi connectivity index (χ2n) is 6.63. The van der Waals surface area contributed by atoms with Crippen LogP contribution >= 0.6 is 0 Å². The molecule has 4 heteroatoms. The van der Waals surface area contributed by atoms with Gasteiger partial charge in [0.05, 0.1) is 11.8 Å². The van der Waals surface area contributed by atoms with Crippen LogP contribution in [0.4, 0.5) is 0 Å². The molecule has 0 bridgehead atoms. The first-order valence-electron chi connectivity index (χ1n) is 8.51. The normalized spacial score (nSPS) is 30.6. The lowest BCUT2D eigenvalue weighted by atomic mass is 9.85. The quantitative estimate of drug-likeness (QED) is 0.491. The van der Waals surface area contributed by atoms with E-state index in [1.807, 2.05) is 12.2 Å². The molecule has 1 saturated carbocycles. The fourth-order valence-corrected chi connectivity index (χ4v) is 3.95. The lowest BCUT2D eigenvalue weighted by Gasteiger charge is -2.19. The lowest BCUT2D eigenvalue weighted by molar-refractivity contribution is -0.139. The summed E-state index contributed by atoms with van der Waals surface area (Å²) < 4.78 is 0. The first-order valence-corrected chi connectivity index (χ1v) is 8.51. The Hall–Kier alpha value is -1.16. The van der Waals surface area contributed by atoms with Gasteiger partial charge < -0.3 is 5.32 Å². The number of nitrogens with one attached hydrogen (secondary N) is 1. The highest BCUT2D eigenvalue weighted by Gasteiger charge is 2.46. The number of fused-ring (bicyclic) bond motifs is 1. The number of rotatable bonds is 4. The second-order valence-corrected chi connectivity index (χ2v) is 6.63. The highest BCUT2D eigenvalue weighted by Crippen LogP contribution is 2.34. The van der Waals surface area contributed by atoms with Crippen LogP contribution in [-0.4, -0.2) is 35.8 Å². The zero-order valence-electron chi connectivity index (χ0n) is 12.7. The molecule has 21 heavy (non-hydrogen) atoms. The predicted octanol–water partition coefficient (Wildman–Crippen LogP) is 2.25. The molecule has 0 aromatic rings. The lowest BCUT2D eigenvalue weighted by Crippen LogP contribution is -2.40. The number of amides is 2. The maximum absolute atomic E-state index is 12.3. The van der Waals surface area contributed by atoms with Crippen molar-refractivity contribution >= 4 is 11.8 Å². The van der Waals surface area contributed by atoms with E-state index in [4.69, 9.17) is 0 Å². The number of hydrogen-bond donors (Lipinski definition) is 1. The van der Waals surface area contributed by atoms with E-state index >= 15 is 0 Å². The van der Waals surface area contributed by atoms with Crippen molar-refractivity contribution in [3.8, 4) is 0 Å².